The van der Waals surface area contributed by atoms with Gasteiger partial charge >= 0.3 is 0 Å². The molecule has 2 aromatic carbocycles. The van der Waals surface area contributed by atoms with Crippen molar-refractivity contribution in [1.29, 1.82) is 0 Å². The van der Waals surface area contributed by atoms with Gasteiger partial charge in [0.1, 0.15) is 17.5 Å². The molecule has 0 aliphatic heterocycles. The Bertz CT molecular complexity index is 745. The number of imidazole rings is 1. The molecule has 0 saturated carbocycles. The Labute approximate surface area is 124 Å². The van der Waals surface area contributed by atoms with Crippen molar-refractivity contribution in [2.45, 2.75) is 0 Å². The van der Waals surface area contributed by atoms with Gasteiger partial charge in [0.05, 0.1) is 25.5 Å². The maximum absolute atomic E-state index is 14.0. The number of aromatic nitrogens is 2. The van der Waals surface area contributed by atoms with Crippen LogP contribution in [0.2, 0.25) is 0 Å². The van der Waals surface area contributed by atoms with Gasteiger partial charge in [0.15, 0.2) is 0 Å². The number of hydrogen-bond acceptors (Lipinski definition) is 1. The van der Waals surface area contributed by atoms with Crippen molar-refractivity contribution in [2.24, 2.45) is 0 Å². The van der Waals surface area contributed by atoms with Crippen LogP contribution in [0.3, 0.4) is 0 Å². The van der Waals surface area contributed by atoms with Crippen LogP contribution in [0.15, 0.2) is 39.3 Å². The largest absolute Gasteiger partial charge is 0.338 e. The van der Waals surface area contributed by atoms with E-state index in [4.69, 9.17) is 0 Å². The van der Waals surface area contributed by atoms with Gasteiger partial charge < -0.3 is 4.98 Å². The van der Waals surface area contributed by atoms with Crippen LogP contribution in [0.25, 0.3) is 22.4 Å². The molecule has 0 aliphatic carbocycles. The van der Waals surface area contributed by atoms with Crippen molar-refractivity contribution in [3.8, 4) is 11.4 Å². The molecular weight excluding hydrogens is 382 g/mol. The van der Waals surface area contributed by atoms with Crippen molar-refractivity contribution in [3.63, 3.8) is 0 Å². The molecule has 1 N–H and O–H groups in total. The maximum Gasteiger partial charge on any atom is 0.148 e. The molecule has 0 unspecified atom stereocenters. The standard InChI is InChI=1S/C13H6Br2F2N2/c14-7-3-1-2-6(12(7)17)13-18-10-4-8(15)9(16)5-11(10)19-13/h1-5H,(H,18,19). The third-order valence-electron chi connectivity index (χ3n) is 2.73. The summed E-state index contributed by atoms with van der Waals surface area (Å²) in [5.41, 5.74) is 1.43. The summed E-state index contributed by atoms with van der Waals surface area (Å²) in [5, 5.41) is 0. The zero-order valence-electron chi connectivity index (χ0n) is 9.35. The van der Waals surface area contributed by atoms with Gasteiger partial charge in [-0.05, 0) is 50.1 Å². The van der Waals surface area contributed by atoms with Crippen molar-refractivity contribution >= 4 is 42.9 Å². The highest BCUT2D eigenvalue weighted by Gasteiger charge is 2.13. The van der Waals surface area contributed by atoms with Gasteiger partial charge in [-0.25, -0.2) is 13.8 Å². The lowest BCUT2D eigenvalue weighted by atomic mass is 10.2. The lowest BCUT2D eigenvalue weighted by Crippen LogP contribution is -1.87. The molecule has 0 amide bonds. The molecule has 0 spiro atoms. The lowest BCUT2D eigenvalue weighted by molar-refractivity contribution is 0.623. The third kappa shape index (κ3) is 2.19. The van der Waals surface area contributed by atoms with Gasteiger partial charge in [0, 0.05) is 6.07 Å². The Morgan fingerprint density at radius 1 is 1.05 bits per heavy atom. The van der Waals surface area contributed by atoms with Gasteiger partial charge in [0.25, 0.3) is 0 Å². The molecule has 3 aromatic rings. The highest BCUT2D eigenvalue weighted by Crippen LogP contribution is 2.29. The van der Waals surface area contributed by atoms with E-state index in [-0.39, 0.29) is 0 Å². The van der Waals surface area contributed by atoms with E-state index in [1.807, 2.05) is 0 Å². The Hall–Kier alpha value is -1.27. The average molecular weight is 388 g/mol. The number of fused-ring (bicyclic) bond motifs is 1. The normalized spacial score (nSPS) is 11.2. The van der Waals surface area contributed by atoms with E-state index < -0.39 is 11.6 Å². The van der Waals surface area contributed by atoms with Crippen LogP contribution in [-0.2, 0) is 0 Å². The Kier molecular flexibility index (Phi) is 3.14. The number of nitrogens with zero attached hydrogens (tertiary/aromatic N) is 1. The van der Waals surface area contributed by atoms with E-state index in [0.29, 0.717) is 31.4 Å². The first-order valence-corrected chi connectivity index (χ1v) is 6.94. The second kappa shape index (κ2) is 4.68. The monoisotopic (exact) mass is 386 g/mol. The summed E-state index contributed by atoms with van der Waals surface area (Å²) in [6.45, 7) is 0. The van der Waals surface area contributed by atoms with Gasteiger partial charge in [0.2, 0.25) is 0 Å². The summed E-state index contributed by atoms with van der Waals surface area (Å²) >= 11 is 6.22. The Balaban J connectivity index is 2.23. The van der Waals surface area contributed by atoms with E-state index in [2.05, 4.69) is 41.8 Å². The summed E-state index contributed by atoms with van der Waals surface area (Å²) in [6, 6.07) is 7.82. The Morgan fingerprint density at radius 3 is 2.63 bits per heavy atom. The first kappa shape index (κ1) is 12.7. The first-order chi connectivity index (χ1) is 9.06. The van der Waals surface area contributed by atoms with E-state index in [1.54, 1.807) is 24.3 Å². The van der Waals surface area contributed by atoms with Crippen LogP contribution < -0.4 is 0 Å². The minimum atomic E-state index is -0.402. The summed E-state index contributed by atoms with van der Waals surface area (Å²) in [4.78, 5) is 7.19. The second-order valence-electron chi connectivity index (χ2n) is 3.97. The number of aromatic amines is 1. The van der Waals surface area contributed by atoms with Crippen LogP contribution in [0.4, 0.5) is 8.78 Å². The van der Waals surface area contributed by atoms with Gasteiger partial charge in [-0.2, -0.15) is 0 Å². The third-order valence-corrected chi connectivity index (χ3v) is 3.95. The molecule has 0 atom stereocenters. The molecule has 3 rings (SSSR count). The molecule has 2 nitrogen and oxygen atoms in total. The molecule has 0 bridgehead atoms. The quantitative estimate of drug-likeness (QED) is 0.623. The number of hydrogen-bond donors (Lipinski definition) is 1. The predicted molar refractivity (Wildman–Crippen MR) is 76.8 cm³/mol. The molecule has 19 heavy (non-hydrogen) atoms. The summed E-state index contributed by atoms with van der Waals surface area (Å²) in [6.07, 6.45) is 0. The predicted octanol–water partition coefficient (Wildman–Crippen LogP) is 5.03. The fourth-order valence-corrected chi connectivity index (χ4v) is 2.52. The van der Waals surface area contributed by atoms with E-state index >= 15 is 0 Å². The molecule has 0 aliphatic rings. The zero-order valence-corrected chi connectivity index (χ0v) is 12.5. The molecule has 6 heteroatoms. The van der Waals surface area contributed by atoms with Crippen molar-refractivity contribution in [3.05, 3.63) is 50.9 Å². The van der Waals surface area contributed by atoms with Gasteiger partial charge in [-0.3, -0.25) is 0 Å². The van der Waals surface area contributed by atoms with E-state index in [1.165, 1.54) is 6.07 Å². The van der Waals surface area contributed by atoms with Crippen molar-refractivity contribution < 1.29 is 8.78 Å². The molecular formula is C13H6Br2F2N2. The van der Waals surface area contributed by atoms with Crippen LogP contribution >= 0.6 is 31.9 Å². The second-order valence-corrected chi connectivity index (χ2v) is 5.68. The summed E-state index contributed by atoms with van der Waals surface area (Å²) < 4.78 is 28.1. The van der Waals surface area contributed by atoms with Crippen LogP contribution in [0.5, 0.6) is 0 Å². The molecule has 1 aromatic heterocycles. The van der Waals surface area contributed by atoms with Crippen LogP contribution in [0.1, 0.15) is 0 Å². The highest BCUT2D eigenvalue weighted by atomic mass is 79.9. The molecule has 0 radical (unpaired) electrons. The average Bonchev–Trinajstić information content (AvgIpc) is 2.76. The maximum atomic E-state index is 14.0. The smallest absolute Gasteiger partial charge is 0.148 e. The van der Waals surface area contributed by atoms with E-state index in [9.17, 15) is 8.78 Å². The van der Waals surface area contributed by atoms with Gasteiger partial charge in [-0.15, -0.1) is 0 Å². The Morgan fingerprint density at radius 2 is 1.84 bits per heavy atom. The zero-order chi connectivity index (χ0) is 13.6. The van der Waals surface area contributed by atoms with Crippen LogP contribution in [-0.4, -0.2) is 9.97 Å². The molecule has 1 heterocycles. The number of halogens is 4. The molecule has 0 saturated heterocycles. The fourth-order valence-electron chi connectivity index (χ4n) is 1.82. The van der Waals surface area contributed by atoms with Gasteiger partial charge in [-0.1, -0.05) is 6.07 Å². The molecule has 0 fully saturated rings. The number of H-pyrrole nitrogens is 1. The summed E-state index contributed by atoms with van der Waals surface area (Å²) in [7, 11) is 0. The lowest BCUT2D eigenvalue weighted by Gasteiger charge is -2.00. The summed E-state index contributed by atoms with van der Waals surface area (Å²) in [5.74, 6) is -0.426. The topological polar surface area (TPSA) is 28.7 Å². The van der Waals surface area contributed by atoms with E-state index in [0.717, 1.165) is 0 Å². The minimum absolute atomic E-state index is 0.327. The molecule has 96 valence electrons. The van der Waals surface area contributed by atoms with Crippen LogP contribution in [0, 0.1) is 11.6 Å². The first-order valence-electron chi connectivity index (χ1n) is 5.35. The minimum Gasteiger partial charge on any atom is -0.338 e. The number of nitrogens with one attached hydrogen (secondary N) is 1. The highest BCUT2D eigenvalue weighted by molar-refractivity contribution is 9.10. The number of benzene rings is 2. The number of rotatable bonds is 1. The SMILES string of the molecule is Fc1cc2[nH]c(-c3cccc(Br)c3F)nc2cc1Br. The van der Waals surface area contributed by atoms with Crippen molar-refractivity contribution in [2.75, 3.05) is 0 Å². The van der Waals surface area contributed by atoms with Crippen molar-refractivity contribution in [1.82, 2.24) is 9.97 Å². The fraction of sp³-hybridized carbons (Fsp3) is 0.